The topological polar surface area (TPSA) is 93.9 Å². The van der Waals surface area contributed by atoms with E-state index in [2.05, 4.69) is 21.9 Å². The second-order valence-electron chi connectivity index (χ2n) is 5.51. The lowest BCUT2D eigenvalue weighted by Crippen LogP contribution is -2.13. The van der Waals surface area contributed by atoms with Crippen molar-refractivity contribution >= 4 is 17.0 Å². The number of esters is 1. The Balaban J connectivity index is 2.20. The van der Waals surface area contributed by atoms with Crippen LogP contribution in [0.3, 0.4) is 0 Å². The highest BCUT2D eigenvalue weighted by molar-refractivity contribution is 5.90. The van der Waals surface area contributed by atoms with E-state index in [1.54, 1.807) is 0 Å². The molecule has 0 radical (unpaired) electrons. The van der Waals surface area contributed by atoms with Crippen molar-refractivity contribution in [1.29, 1.82) is 0 Å². The highest BCUT2D eigenvalue weighted by atomic mass is 16.5. The van der Waals surface area contributed by atoms with Gasteiger partial charge in [0.15, 0.2) is 0 Å². The normalized spacial score (nSPS) is 16.4. The highest BCUT2D eigenvalue weighted by Gasteiger charge is 2.41. The number of carbonyl (C=O) groups is 1. The van der Waals surface area contributed by atoms with E-state index in [4.69, 9.17) is 10.5 Å². The third-order valence-corrected chi connectivity index (χ3v) is 4.01. The molecular weight excluding hydrogens is 256 g/mol. The molecule has 20 heavy (non-hydrogen) atoms. The number of aromatic amines is 1. The summed E-state index contributed by atoms with van der Waals surface area (Å²) in [4.78, 5) is 23.4. The molecular formula is C14H18N4O2. The van der Waals surface area contributed by atoms with Crippen LogP contribution in [0.15, 0.2) is 6.20 Å². The number of nitrogens with zero attached hydrogens (tertiary/aromatic N) is 2. The first-order chi connectivity index (χ1) is 9.59. The van der Waals surface area contributed by atoms with Crippen LogP contribution in [0.4, 0.5) is 0 Å². The molecule has 0 saturated heterocycles. The van der Waals surface area contributed by atoms with Crippen LogP contribution in [0.5, 0.6) is 0 Å². The predicted molar refractivity (Wildman–Crippen MR) is 74.6 cm³/mol. The Bertz CT molecular complexity index is 673. The Kier molecular flexibility index (Phi) is 2.97. The fourth-order valence-corrected chi connectivity index (χ4v) is 2.54. The Morgan fingerprint density at radius 3 is 2.85 bits per heavy atom. The fraction of sp³-hybridized carbons (Fsp3) is 0.500. The van der Waals surface area contributed by atoms with Gasteiger partial charge >= 0.3 is 5.97 Å². The number of carbonyl (C=O) groups excluding carboxylic acids is 1. The number of methoxy groups -OCH3 is 1. The standard InChI is InChI=1S/C14H18N4O2/c1-14(4-5-14)8-7-16-11-10(8)9(3-6-15)17-12(18-11)13(19)20-2/h7H,3-6,15H2,1-2H3,(H,16,17,18). The molecule has 0 amide bonds. The minimum atomic E-state index is -0.529. The van der Waals surface area contributed by atoms with Crippen molar-refractivity contribution in [3.63, 3.8) is 0 Å². The van der Waals surface area contributed by atoms with Gasteiger partial charge in [-0.3, -0.25) is 0 Å². The summed E-state index contributed by atoms with van der Waals surface area (Å²) in [7, 11) is 1.32. The molecule has 3 rings (SSSR count). The Morgan fingerprint density at radius 1 is 1.50 bits per heavy atom. The molecule has 1 saturated carbocycles. The minimum Gasteiger partial charge on any atom is -0.463 e. The number of H-pyrrole nitrogens is 1. The van der Waals surface area contributed by atoms with Crippen LogP contribution in [0.25, 0.3) is 11.0 Å². The third kappa shape index (κ3) is 1.96. The van der Waals surface area contributed by atoms with Crippen molar-refractivity contribution in [2.75, 3.05) is 13.7 Å². The molecule has 6 nitrogen and oxygen atoms in total. The van der Waals surface area contributed by atoms with Gasteiger partial charge in [0, 0.05) is 18.0 Å². The van der Waals surface area contributed by atoms with Crippen LogP contribution in [-0.4, -0.2) is 34.6 Å². The van der Waals surface area contributed by atoms with E-state index in [1.165, 1.54) is 25.5 Å². The summed E-state index contributed by atoms with van der Waals surface area (Å²) in [6.07, 6.45) is 4.93. The van der Waals surface area contributed by atoms with E-state index in [-0.39, 0.29) is 11.2 Å². The number of aromatic nitrogens is 3. The zero-order valence-electron chi connectivity index (χ0n) is 11.7. The molecule has 6 heteroatoms. The Hall–Kier alpha value is -1.95. The Labute approximate surface area is 116 Å². The number of nitrogens with two attached hydrogens (primary N) is 1. The molecule has 0 atom stereocenters. The smallest absolute Gasteiger partial charge is 0.376 e. The maximum Gasteiger partial charge on any atom is 0.376 e. The highest BCUT2D eigenvalue weighted by Crippen LogP contribution is 2.50. The number of nitrogens with one attached hydrogen (secondary N) is 1. The monoisotopic (exact) mass is 274 g/mol. The van der Waals surface area contributed by atoms with Gasteiger partial charge in [-0.1, -0.05) is 6.92 Å². The zero-order valence-corrected chi connectivity index (χ0v) is 11.7. The molecule has 1 aliphatic rings. The number of ether oxygens (including phenoxy) is 1. The molecule has 1 fully saturated rings. The van der Waals surface area contributed by atoms with E-state index >= 15 is 0 Å². The van der Waals surface area contributed by atoms with Crippen molar-refractivity contribution in [3.05, 3.63) is 23.3 Å². The first-order valence-electron chi connectivity index (χ1n) is 6.76. The molecule has 0 aliphatic heterocycles. The molecule has 0 unspecified atom stereocenters. The summed E-state index contributed by atoms with van der Waals surface area (Å²) < 4.78 is 4.70. The molecule has 3 N–H and O–H groups in total. The molecule has 2 aromatic rings. The van der Waals surface area contributed by atoms with E-state index in [0.717, 1.165) is 11.1 Å². The summed E-state index contributed by atoms with van der Waals surface area (Å²) in [6.45, 7) is 2.71. The van der Waals surface area contributed by atoms with E-state index < -0.39 is 5.97 Å². The number of hydrogen-bond donors (Lipinski definition) is 2. The maximum absolute atomic E-state index is 11.6. The first-order valence-corrected chi connectivity index (χ1v) is 6.76. The predicted octanol–water partition coefficient (Wildman–Crippen LogP) is 1.30. The Morgan fingerprint density at radius 2 is 2.25 bits per heavy atom. The van der Waals surface area contributed by atoms with Crippen molar-refractivity contribution in [2.24, 2.45) is 5.73 Å². The average Bonchev–Trinajstić information content (AvgIpc) is 3.03. The van der Waals surface area contributed by atoms with Crippen molar-refractivity contribution in [1.82, 2.24) is 15.0 Å². The minimum absolute atomic E-state index is 0.0813. The van der Waals surface area contributed by atoms with Crippen LogP contribution in [0, 0.1) is 0 Å². The molecule has 1 aliphatic carbocycles. The van der Waals surface area contributed by atoms with Crippen molar-refractivity contribution in [2.45, 2.75) is 31.6 Å². The maximum atomic E-state index is 11.6. The summed E-state index contributed by atoms with van der Waals surface area (Å²) in [5.74, 6) is -0.447. The van der Waals surface area contributed by atoms with Gasteiger partial charge in [-0.2, -0.15) is 0 Å². The first kappa shape index (κ1) is 13.1. The van der Waals surface area contributed by atoms with Crippen LogP contribution >= 0.6 is 0 Å². The third-order valence-electron chi connectivity index (χ3n) is 4.01. The quantitative estimate of drug-likeness (QED) is 0.819. The zero-order chi connectivity index (χ0) is 14.3. The van der Waals surface area contributed by atoms with Gasteiger partial charge in [0.05, 0.1) is 12.8 Å². The molecule has 0 bridgehead atoms. The van der Waals surface area contributed by atoms with Gasteiger partial charge in [0.1, 0.15) is 5.65 Å². The summed E-state index contributed by atoms with van der Waals surface area (Å²) in [5, 5.41) is 1.02. The van der Waals surface area contributed by atoms with Crippen molar-refractivity contribution in [3.8, 4) is 0 Å². The molecule has 0 aromatic carbocycles. The number of hydrogen-bond acceptors (Lipinski definition) is 5. The van der Waals surface area contributed by atoms with Crippen LogP contribution in [0.2, 0.25) is 0 Å². The van der Waals surface area contributed by atoms with Gasteiger partial charge in [-0.25, -0.2) is 14.8 Å². The lowest BCUT2D eigenvalue weighted by molar-refractivity contribution is 0.0587. The summed E-state index contributed by atoms with van der Waals surface area (Å²) >= 11 is 0. The van der Waals surface area contributed by atoms with E-state index in [9.17, 15) is 4.79 Å². The summed E-state index contributed by atoms with van der Waals surface area (Å²) in [5.41, 5.74) is 8.61. The van der Waals surface area contributed by atoms with E-state index in [1.807, 2.05) is 6.20 Å². The largest absolute Gasteiger partial charge is 0.463 e. The van der Waals surface area contributed by atoms with Crippen molar-refractivity contribution < 1.29 is 9.53 Å². The average molecular weight is 274 g/mol. The fourth-order valence-electron chi connectivity index (χ4n) is 2.54. The molecule has 106 valence electrons. The molecule has 0 spiro atoms. The second-order valence-corrected chi connectivity index (χ2v) is 5.51. The van der Waals surface area contributed by atoms with Crippen LogP contribution in [0.1, 0.15) is 41.6 Å². The lowest BCUT2D eigenvalue weighted by atomic mass is 9.97. The lowest BCUT2D eigenvalue weighted by Gasteiger charge is -2.10. The number of rotatable bonds is 4. The second kappa shape index (κ2) is 4.56. The molecule has 2 aromatic heterocycles. The number of fused-ring (bicyclic) bond motifs is 1. The van der Waals surface area contributed by atoms with Crippen LogP contribution < -0.4 is 5.73 Å². The van der Waals surface area contributed by atoms with E-state index in [0.29, 0.717) is 18.6 Å². The summed E-state index contributed by atoms with van der Waals surface area (Å²) in [6, 6.07) is 0. The van der Waals surface area contributed by atoms with Gasteiger partial charge < -0.3 is 15.5 Å². The molecule has 2 heterocycles. The van der Waals surface area contributed by atoms with Gasteiger partial charge in [0.25, 0.3) is 0 Å². The van der Waals surface area contributed by atoms with Crippen LogP contribution in [-0.2, 0) is 16.6 Å². The SMILES string of the molecule is COC(=O)c1nc(CCN)c2c(C3(C)CC3)c[nH]c2n1. The van der Waals surface area contributed by atoms with Gasteiger partial charge in [0.2, 0.25) is 5.82 Å². The van der Waals surface area contributed by atoms with Gasteiger partial charge in [-0.05, 0) is 30.4 Å². The van der Waals surface area contributed by atoms with Gasteiger partial charge in [-0.15, -0.1) is 0 Å².